The Kier molecular flexibility index (Phi) is 3.69. The summed E-state index contributed by atoms with van der Waals surface area (Å²) in [5, 5.41) is 0.632. The van der Waals surface area contributed by atoms with Gasteiger partial charge in [0.05, 0.1) is 0 Å². The molecule has 0 N–H and O–H groups in total. The lowest BCUT2D eigenvalue weighted by Gasteiger charge is -2.03. The van der Waals surface area contributed by atoms with Gasteiger partial charge in [-0.2, -0.15) is 0 Å². The van der Waals surface area contributed by atoms with Crippen LogP contribution in [0.5, 0.6) is 0 Å². The Morgan fingerprint density at radius 1 is 1.25 bits per heavy atom. The summed E-state index contributed by atoms with van der Waals surface area (Å²) in [4.78, 5) is 19.9. The molecule has 0 atom stereocenters. The third-order valence-electron chi connectivity index (χ3n) is 1.84. The predicted octanol–water partition coefficient (Wildman–Crippen LogP) is 3.20. The number of carbonyl (C=O) groups excluding carboxylic acids is 1. The van der Waals surface area contributed by atoms with Crippen LogP contribution in [0.4, 0.5) is 0 Å². The average Bonchev–Trinajstić information content (AvgIpc) is 2.33. The summed E-state index contributed by atoms with van der Waals surface area (Å²) in [6, 6.07) is 7.29. The van der Waals surface area contributed by atoms with Crippen LogP contribution in [0.3, 0.4) is 0 Å². The highest BCUT2D eigenvalue weighted by molar-refractivity contribution is 9.10. The molecule has 80 valence electrons. The molecule has 0 spiro atoms. The quantitative estimate of drug-likeness (QED) is 0.644. The standard InChI is InChI=1S/C11H7BrN2OS/c12-9-2-3-10(8(6-9)7-15)16-11-13-4-1-5-14-11/h1-7H. The zero-order valence-corrected chi connectivity index (χ0v) is 10.5. The first kappa shape index (κ1) is 11.3. The maximum Gasteiger partial charge on any atom is 0.192 e. The van der Waals surface area contributed by atoms with Crippen molar-refractivity contribution in [3.8, 4) is 0 Å². The molecule has 0 bridgehead atoms. The molecule has 0 radical (unpaired) electrons. The zero-order valence-electron chi connectivity index (χ0n) is 8.13. The summed E-state index contributed by atoms with van der Waals surface area (Å²) in [7, 11) is 0. The normalized spacial score (nSPS) is 10.1. The molecule has 1 heterocycles. The lowest BCUT2D eigenvalue weighted by molar-refractivity contribution is 0.112. The highest BCUT2D eigenvalue weighted by atomic mass is 79.9. The Labute approximate surface area is 105 Å². The highest BCUT2D eigenvalue weighted by Crippen LogP contribution is 2.28. The van der Waals surface area contributed by atoms with Crippen LogP contribution in [0.1, 0.15) is 10.4 Å². The number of benzene rings is 1. The Morgan fingerprint density at radius 2 is 2.00 bits per heavy atom. The largest absolute Gasteiger partial charge is 0.298 e. The van der Waals surface area contributed by atoms with Gasteiger partial charge in [0.1, 0.15) is 0 Å². The van der Waals surface area contributed by atoms with Gasteiger partial charge < -0.3 is 0 Å². The predicted molar refractivity (Wildman–Crippen MR) is 65.7 cm³/mol. The molecule has 1 aromatic carbocycles. The van der Waals surface area contributed by atoms with Gasteiger partial charge in [0.2, 0.25) is 0 Å². The number of hydrogen-bond acceptors (Lipinski definition) is 4. The van der Waals surface area contributed by atoms with E-state index in [1.54, 1.807) is 24.5 Å². The Morgan fingerprint density at radius 3 is 2.69 bits per heavy atom. The van der Waals surface area contributed by atoms with Gasteiger partial charge in [0, 0.05) is 27.3 Å². The molecule has 0 fully saturated rings. The molecular weight excluding hydrogens is 288 g/mol. The fourth-order valence-corrected chi connectivity index (χ4v) is 2.30. The second kappa shape index (κ2) is 5.23. The monoisotopic (exact) mass is 294 g/mol. The Bertz CT molecular complexity index is 505. The van der Waals surface area contributed by atoms with Crippen LogP contribution in [-0.4, -0.2) is 16.3 Å². The van der Waals surface area contributed by atoms with Crippen molar-refractivity contribution in [1.29, 1.82) is 0 Å². The van der Waals surface area contributed by atoms with Gasteiger partial charge in [-0.05, 0) is 36.0 Å². The minimum atomic E-state index is 0.631. The maximum absolute atomic E-state index is 10.9. The Balaban J connectivity index is 2.31. The smallest absolute Gasteiger partial charge is 0.192 e. The van der Waals surface area contributed by atoms with E-state index in [4.69, 9.17) is 0 Å². The highest BCUT2D eigenvalue weighted by Gasteiger charge is 2.05. The fourth-order valence-electron chi connectivity index (χ4n) is 1.14. The van der Waals surface area contributed by atoms with E-state index in [1.807, 2.05) is 12.1 Å². The molecule has 0 amide bonds. The third-order valence-corrected chi connectivity index (χ3v) is 3.32. The summed E-state index contributed by atoms with van der Waals surface area (Å²) in [5.41, 5.74) is 0.631. The van der Waals surface area contributed by atoms with Gasteiger partial charge in [-0.25, -0.2) is 9.97 Å². The number of halogens is 1. The van der Waals surface area contributed by atoms with Crippen LogP contribution >= 0.6 is 27.7 Å². The molecular formula is C11H7BrN2OS. The molecule has 0 aliphatic carbocycles. The van der Waals surface area contributed by atoms with Crippen molar-refractivity contribution in [2.75, 3.05) is 0 Å². The molecule has 0 saturated carbocycles. The first-order valence-corrected chi connectivity index (χ1v) is 6.10. The first-order chi connectivity index (χ1) is 7.79. The average molecular weight is 295 g/mol. The molecule has 1 aromatic heterocycles. The van der Waals surface area contributed by atoms with E-state index in [1.165, 1.54) is 11.8 Å². The molecule has 2 aromatic rings. The van der Waals surface area contributed by atoms with E-state index in [9.17, 15) is 4.79 Å². The number of nitrogens with zero attached hydrogens (tertiary/aromatic N) is 2. The van der Waals surface area contributed by atoms with Crippen molar-refractivity contribution in [2.24, 2.45) is 0 Å². The number of carbonyl (C=O) groups is 1. The van der Waals surface area contributed by atoms with Crippen LogP contribution in [0.2, 0.25) is 0 Å². The number of aldehydes is 1. The molecule has 0 unspecified atom stereocenters. The molecule has 0 aliphatic heterocycles. The van der Waals surface area contributed by atoms with Gasteiger partial charge in [-0.1, -0.05) is 15.9 Å². The summed E-state index contributed by atoms with van der Waals surface area (Å²) in [6.07, 6.45) is 4.18. The third kappa shape index (κ3) is 2.68. The van der Waals surface area contributed by atoms with Crippen molar-refractivity contribution in [3.05, 3.63) is 46.7 Å². The van der Waals surface area contributed by atoms with E-state index < -0.39 is 0 Å². The summed E-state index contributed by atoms with van der Waals surface area (Å²) in [5.74, 6) is 0. The van der Waals surface area contributed by atoms with Crippen LogP contribution < -0.4 is 0 Å². The van der Waals surface area contributed by atoms with E-state index in [2.05, 4.69) is 25.9 Å². The van der Waals surface area contributed by atoms with Crippen LogP contribution in [0.25, 0.3) is 0 Å². The van der Waals surface area contributed by atoms with E-state index in [0.29, 0.717) is 10.7 Å². The molecule has 5 heteroatoms. The number of rotatable bonds is 3. The van der Waals surface area contributed by atoms with Crippen LogP contribution in [0, 0.1) is 0 Å². The zero-order chi connectivity index (χ0) is 11.4. The number of hydrogen-bond donors (Lipinski definition) is 0. The summed E-state index contributed by atoms with van der Waals surface area (Å²) < 4.78 is 0.882. The second-order valence-electron chi connectivity index (χ2n) is 2.93. The number of aromatic nitrogens is 2. The second-order valence-corrected chi connectivity index (χ2v) is 4.86. The fraction of sp³-hybridized carbons (Fsp3) is 0. The van der Waals surface area contributed by atoms with Gasteiger partial charge in [0.15, 0.2) is 11.4 Å². The van der Waals surface area contributed by atoms with E-state index >= 15 is 0 Å². The summed E-state index contributed by atoms with van der Waals surface area (Å²) in [6.45, 7) is 0. The molecule has 3 nitrogen and oxygen atoms in total. The SMILES string of the molecule is O=Cc1cc(Br)ccc1Sc1ncccn1. The van der Waals surface area contributed by atoms with Crippen molar-refractivity contribution >= 4 is 34.0 Å². The lowest BCUT2D eigenvalue weighted by atomic mass is 10.2. The van der Waals surface area contributed by atoms with Crippen molar-refractivity contribution in [1.82, 2.24) is 9.97 Å². The first-order valence-electron chi connectivity index (χ1n) is 4.49. The molecule has 0 aliphatic rings. The lowest BCUT2D eigenvalue weighted by Crippen LogP contribution is -1.88. The van der Waals surface area contributed by atoms with Crippen molar-refractivity contribution in [2.45, 2.75) is 10.1 Å². The Hall–Kier alpha value is -1.20. The van der Waals surface area contributed by atoms with E-state index in [-0.39, 0.29) is 0 Å². The van der Waals surface area contributed by atoms with Crippen molar-refractivity contribution < 1.29 is 4.79 Å². The molecule has 2 rings (SSSR count). The van der Waals surface area contributed by atoms with Gasteiger partial charge in [-0.15, -0.1) is 0 Å². The summed E-state index contributed by atoms with van der Waals surface area (Å²) >= 11 is 4.70. The van der Waals surface area contributed by atoms with Crippen LogP contribution in [0.15, 0.2) is 51.2 Å². The topological polar surface area (TPSA) is 42.9 Å². The van der Waals surface area contributed by atoms with Crippen molar-refractivity contribution in [3.63, 3.8) is 0 Å². The minimum Gasteiger partial charge on any atom is -0.298 e. The van der Waals surface area contributed by atoms with Gasteiger partial charge in [-0.3, -0.25) is 4.79 Å². The van der Waals surface area contributed by atoms with Crippen LogP contribution in [-0.2, 0) is 0 Å². The maximum atomic E-state index is 10.9. The molecule has 0 saturated heterocycles. The molecule has 16 heavy (non-hydrogen) atoms. The minimum absolute atomic E-state index is 0.631. The van der Waals surface area contributed by atoms with Gasteiger partial charge >= 0.3 is 0 Å². The van der Waals surface area contributed by atoms with E-state index in [0.717, 1.165) is 15.7 Å². The van der Waals surface area contributed by atoms with Gasteiger partial charge in [0.25, 0.3) is 0 Å².